The van der Waals surface area contributed by atoms with Crippen LogP contribution in [0, 0.1) is 0 Å². The predicted molar refractivity (Wildman–Crippen MR) is 85.9 cm³/mol. The van der Waals surface area contributed by atoms with Crippen molar-refractivity contribution in [3.8, 4) is 0 Å². The average molecular weight is 308 g/mol. The maximum absolute atomic E-state index is 6.12. The molecule has 2 aromatic rings. The molecule has 1 heterocycles. The van der Waals surface area contributed by atoms with Gasteiger partial charge < -0.3 is 10.1 Å². The van der Waals surface area contributed by atoms with Crippen LogP contribution in [0.5, 0.6) is 0 Å². The molecule has 5 heteroatoms. The van der Waals surface area contributed by atoms with Crippen molar-refractivity contribution in [2.24, 2.45) is 7.05 Å². The average Bonchev–Trinajstić information content (AvgIpc) is 2.87. The molecule has 1 unspecified atom stereocenters. The van der Waals surface area contributed by atoms with Gasteiger partial charge in [-0.15, -0.1) is 0 Å². The minimum atomic E-state index is 0.343. The van der Waals surface area contributed by atoms with Gasteiger partial charge in [0.15, 0.2) is 0 Å². The smallest absolute Gasteiger partial charge is 0.0631 e. The molecule has 114 valence electrons. The van der Waals surface area contributed by atoms with E-state index >= 15 is 0 Å². The lowest BCUT2D eigenvalue weighted by molar-refractivity contribution is 0.199. The highest BCUT2D eigenvalue weighted by Crippen LogP contribution is 2.22. The molecule has 0 fully saturated rings. The normalized spacial score (nSPS) is 12.5. The Morgan fingerprint density at radius 1 is 1.38 bits per heavy atom. The van der Waals surface area contributed by atoms with E-state index in [0.717, 1.165) is 30.2 Å². The van der Waals surface area contributed by atoms with Gasteiger partial charge in [0.25, 0.3) is 0 Å². The first-order chi connectivity index (χ1) is 10.2. The quantitative estimate of drug-likeness (QED) is 0.762. The van der Waals surface area contributed by atoms with Crippen LogP contribution in [0.25, 0.3) is 0 Å². The Labute approximate surface area is 131 Å². The molecule has 0 saturated heterocycles. The predicted octanol–water partition coefficient (Wildman–Crippen LogP) is 2.64. The van der Waals surface area contributed by atoms with Gasteiger partial charge in [-0.2, -0.15) is 5.10 Å². The summed E-state index contributed by atoms with van der Waals surface area (Å²) in [6, 6.07) is 10.1. The van der Waals surface area contributed by atoms with Gasteiger partial charge in [0, 0.05) is 44.4 Å². The van der Waals surface area contributed by atoms with Crippen molar-refractivity contribution in [1.82, 2.24) is 15.1 Å². The van der Waals surface area contributed by atoms with E-state index in [1.165, 1.54) is 5.56 Å². The Kier molecular flexibility index (Phi) is 6.23. The zero-order valence-corrected chi connectivity index (χ0v) is 13.3. The lowest BCUT2D eigenvalue weighted by atomic mass is 9.94. The highest BCUT2D eigenvalue weighted by Gasteiger charge is 2.14. The van der Waals surface area contributed by atoms with Crippen LogP contribution < -0.4 is 5.32 Å². The number of methoxy groups -OCH3 is 1. The topological polar surface area (TPSA) is 39.1 Å². The SMILES string of the molecule is COCCNCC(Cc1ccn(C)n1)c1cccc(Cl)c1. The molecular weight excluding hydrogens is 286 g/mol. The van der Waals surface area contributed by atoms with Crippen LogP contribution in [0.3, 0.4) is 0 Å². The van der Waals surface area contributed by atoms with Gasteiger partial charge in [0.1, 0.15) is 0 Å². The Hall–Kier alpha value is -1.36. The molecule has 0 spiro atoms. The largest absolute Gasteiger partial charge is 0.383 e. The third-order valence-electron chi connectivity index (χ3n) is 3.42. The lowest BCUT2D eigenvalue weighted by Gasteiger charge is -2.17. The van der Waals surface area contributed by atoms with Crippen LogP contribution in [-0.2, 0) is 18.2 Å². The van der Waals surface area contributed by atoms with Crippen molar-refractivity contribution in [2.75, 3.05) is 26.8 Å². The van der Waals surface area contributed by atoms with E-state index in [-0.39, 0.29) is 0 Å². The van der Waals surface area contributed by atoms with Crippen LogP contribution in [-0.4, -0.2) is 36.6 Å². The molecular formula is C16H22ClN3O. The van der Waals surface area contributed by atoms with Crippen LogP contribution in [0.2, 0.25) is 5.02 Å². The minimum Gasteiger partial charge on any atom is -0.383 e. The molecule has 21 heavy (non-hydrogen) atoms. The standard InChI is InChI=1S/C16H22ClN3O/c1-20-8-6-16(19-20)11-14(12-18-7-9-21-2)13-4-3-5-15(17)10-13/h3-6,8,10,14,18H,7,9,11-12H2,1-2H3. The third kappa shape index (κ3) is 5.16. The number of nitrogens with one attached hydrogen (secondary N) is 1. The monoisotopic (exact) mass is 307 g/mol. The number of aryl methyl sites for hydroxylation is 1. The Morgan fingerprint density at radius 2 is 2.24 bits per heavy atom. The first-order valence-corrected chi connectivity index (χ1v) is 7.50. The van der Waals surface area contributed by atoms with E-state index in [4.69, 9.17) is 16.3 Å². The molecule has 0 saturated carbocycles. The molecule has 0 aliphatic heterocycles. The lowest BCUT2D eigenvalue weighted by Crippen LogP contribution is -2.26. The van der Waals surface area contributed by atoms with Crippen LogP contribution in [0.4, 0.5) is 0 Å². The minimum absolute atomic E-state index is 0.343. The van der Waals surface area contributed by atoms with E-state index in [0.29, 0.717) is 12.5 Å². The molecule has 4 nitrogen and oxygen atoms in total. The van der Waals surface area contributed by atoms with E-state index in [1.54, 1.807) is 7.11 Å². The van der Waals surface area contributed by atoms with Crippen molar-refractivity contribution in [3.63, 3.8) is 0 Å². The van der Waals surface area contributed by atoms with Crippen molar-refractivity contribution in [1.29, 1.82) is 0 Å². The summed E-state index contributed by atoms with van der Waals surface area (Å²) in [6.45, 7) is 2.43. The first-order valence-electron chi connectivity index (χ1n) is 7.12. The van der Waals surface area contributed by atoms with Crippen LogP contribution in [0.1, 0.15) is 17.2 Å². The number of nitrogens with zero attached hydrogens (tertiary/aromatic N) is 2. The highest BCUT2D eigenvalue weighted by atomic mass is 35.5. The van der Waals surface area contributed by atoms with Crippen LogP contribution >= 0.6 is 11.6 Å². The fraction of sp³-hybridized carbons (Fsp3) is 0.438. The van der Waals surface area contributed by atoms with Gasteiger partial charge in [0.05, 0.1) is 12.3 Å². The summed E-state index contributed by atoms with van der Waals surface area (Å²) < 4.78 is 6.91. The number of hydrogen-bond acceptors (Lipinski definition) is 3. The zero-order valence-electron chi connectivity index (χ0n) is 12.6. The van der Waals surface area contributed by atoms with Crippen molar-refractivity contribution < 1.29 is 4.74 Å². The van der Waals surface area contributed by atoms with Crippen molar-refractivity contribution >= 4 is 11.6 Å². The molecule has 1 atom stereocenters. The second-order valence-corrected chi connectivity index (χ2v) is 5.57. The second kappa shape index (κ2) is 8.17. The van der Waals surface area contributed by atoms with Gasteiger partial charge in [-0.05, 0) is 30.2 Å². The number of rotatable bonds is 8. The van der Waals surface area contributed by atoms with E-state index < -0.39 is 0 Å². The molecule has 0 aliphatic rings. The highest BCUT2D eigenvalue weighted by molar-refractivity contribution is 6.30. The molecule has 1 aromatic heterocycles. The summed E-state index contributed by atoms with van der Waals surface area (Å²) in [6.07, 6.45) is 2.86. The maximum Gasteiger partial charge on any atom is 0.0631 e. The number of halogens is 1. The molecule has 2 rings (SSSR count). The molecule has 0 radical (unpaired) electrons. The molecule has 0 amide bonds. The fourth-order valence-corrected chi connectivity index (χ4v) is 2.54. The van der Waals surface area contributed by atoms with Crippen molar-refractivity contribution in [2.45, 2.75) is 12.3 Å². The number of aromatic nitrogens is 2. The van der Waals surface area contributed by atoms with Gasteiger partial charge in [-0.1, -0.05) is 23.7 Å². The summed E-state index contributed by atoms with van der Waals surface area (Å²) in [7, 11) is 3.65. The summed E-state index contributed by atoms with van der Waals surface area (Å²) in [5.41, 5.74) is 2.33. The van der Waals surface area contributed by atoms with E-state index in [9.17, 15) is 0 Å². The summed E-state index contributed by atoms with van der Waals surface area (Å²) in [5.74, 6) is 0.343. The van der Waals surface area contributed by atoms with E-state index in [2.05, 4.69) is 22.5 Å². The molecule has 0 aliphatic carbocycles. The zero-order chi connectivity index (χ0) is 15.1. The fourth-order valence-electron chi connectivity index (χ4n) is 2.34. The summed E-state index contributed by atoms with van der Waals surface area (Å²) in [4.78, 5) is 0. The summed E-state index contributed by atoms with van der Waals surface area (Å²) in [5, 5.41) is 8.68. The van der Waals surface area contributed by atoms with Gasteiger partial charge in [0.2, 0.25) is 0 Å². The van der Waals surface area contributed by atoms with E-state index in [1.807, 2.05) is 36.1 Å². The van der Waals surface area contributed by atoms with Gasteiger partial charge in [-0.25, -0.2) is 0 Å². The molecule has 1 N–H and O–H groups in total. The van der Waals surface area contributed by atoms with Gasteiger partial charge >= 0.3 is 0 Å². The molecule has 0 bridgehead atoms. The van der Waals surface area contributed by atoms with Crippen molar-refractivity contribution in [3.05, 3.63) is 52.8 Å². The number of benzene rings is 1. The maximum atomic E-state index is 6.12. The Morgan fingerprint density at radius 3 is 2.90 bits per heavy atom. The van der Waals surface area contributed by atoms with Gasteiger partial charge in [-0.3, -0.25) is 4.68 Å². The molecule has 1 aromatic carbocycles. The third-order valence-corrected chi connectivity index (χ3v) is 3.65. The number of hydrogen-bond donors (Lipinski definition) is 1. The Bertz CT molecular complexity index is 556. The summed E-state index contributed by atoms with van der Waals surface area (Å²) >= 11 is 6.12. The first kappa shape index (κ1) is 16.0. The van der Waals surface area contributed by atoms with Crippen LogP contribution in [0.15, 0.2) is 36.5 Å². The second-order valence-electron chi connectivity index (χ2n) is 5.13. The number of ether oxygens (including phenoxy) is 1. The Balaban J connectivity index is 2.06.